The highest BCUT2D eigenvalue weighted by molar-refractivity contribution is 5.95. The van der Waals surface area contributed by atoms with Gasteiger partial charge < -0.3 is 14.6 Å². The number of hydrogen-bond acceptors (Lipinski definition) is 6. The normalized spacial score (nSPS) is 10.8. The zero-order chi connectivity index (χ0) is 24.0. The molecule has 10 nitrogen and oxygen atoms in total. The molecule has 0 aliphatic carbocycles. The summed E-state index contributed by atoms with van der Waals surface area (Å²) in [5.74, 6) is -1.10. The smallest absolute Gasteiger partial charge is 0.407 e. The summed E-state index contributed by atoms with van der Waals surface area (Å²) in [5, 5.41) is 13.7. The molecule has 2 aromatic carbocycles. The van der Waals surface area contributed by atoms with Crippen LogP contribution in [0.15, 0.2) is 51.7 Å². The van der Waals surface area contributed by atoms with Crippen molar-refractivity contribution < 1.29 is 18.9 Å². The lowest BCUT2D eigenvalue weighted by Gasteiger charge is -2.22. The molecular weight excluding hydrogens is 428 g/mol. The van der Waals surface area contributed by atoms with E-state index in [0.717, 1.165) is 5.56 Å². The molecule has 0 radical (unpaired) electrons. The zero-order valence-electron chi connectivity index (χ0n) is 18.6. The maximum Gasteiger partial charge on any atom is 0.419 e. The van der Waals surface area contributed by atoms with Gasteiger partial charge in [0.1, 0.15) is 0 Å². The maximum atomic E-state index is 12.7. The van der Waals surface area contributed by atoms with Crippen molar-refractivity contribution in [2.24, 2.45) is 0 Å². The maximum absolute atomic E-state index is 12.7. The number of nitrogens with one attached hydrogen (secondary N) is 1. The Bertz CT molecular complexity index is 1230. The number of oxazole rings is 1. The van der Waals surface area contributed by atoms with E-state index in [4.69, 9.17) is 4.42 Å². The minimum Gasteiger partial charge on any atom is -0.407 e. The van der Waals surface area contributed by atoms with Gasteiger partial charge in [0.15, 0.2) is 5.58 Å². The van der Waals surface area contributed by atoms with Crippen LogP contribution in [0.25, 0.3) is 11.1 Å². The lowest BCUT2D eigenvalue weighted by Crippen LogP contribution is -2.38. The predicted molar refractivity (Wildman–Crippen MR) is 123 cm³/mol. The number of non-ortho nitro benzene ring substituents is 1. The van der Waals surface area contributed by atoms with Crippen LogP contribution in [0.2, 0.25) is 0 Å². The van der Waals surface area contributed by atoms with Gasteiger partial charge >= 0.3 is 5.76 Å². The Kier molecular flexibility index (Phi) is 7.60. The highest BCUT2D eigenvalue weighted by atomic mass is 16.6. The number of hydrogen-bond donors (Lipinski definition) is 1. The van der Waals surface area contributed by atoms with E-state index in [-0.39, 0.29) is 42.6 Å². The van der Waals surface area contributed by atoms with Crippen molar-refractivity contribution in [2.45, 2.75) is 39.7 Å². The second-order valence-electron chi connectivity index (χ2n) is 7.71. The Morgan fingerprint density at radius 1 is 1.21 bits per heavy atom. The van der Waals surface area contributed by atoms with Crippen LogP contribution in [0.4, 0.5) is 11.4 Å². The molecule has 0 fully saturated rings. The lowest BCUT2D eigenvalue weighted by molar-refractivity contribution is -0.384. The Morgan fingerprint density at radius 3 is 2.67 bits per heavy atom. The Morgan fingerprint density at radius 2 is 1.97 bits per heavy atom. The molecule has 0 aliphatic rings. The number of nitro groups is 1. The van der Waals surface area contributed by atoms with Crippen molar-refractivity contribution in [2.75, 3.05) is 18.4 Å². The first kappa shape index (κ1) is 23.7. The molecule has 1 aromatic heterocycles. The van der Waals surface area contributed by atoms with E-state index < -0.39 is 10.7 Å². The molecule has 0 saturated heterocycles. The molecule has 0 saturated carbocycles. The standard InChI is InChI=1S/C23H26N4O6/c1-3-12-25(15-21(28)24-18-8-5-4-7-16(18)2)22(29)9-6-13-26-19-11-10-17(27(31)32)14-20(19)33-23(26)30/h4-5,7-8,10-11,14H,3,6,9,12-13,15H2,1-2H3,(H,24,28). The fourth-order valence-electron chi connectivity index (χ4n) is 3.56. The van der Waals surface area contributed by atoms with Crippen LogP contribution in [0.5, 0.6) is 0 Å². The van der Waals surface area contributed by atoms with E-state index in [9.17, 15) is 24.5 Å². The van der Waals surface area contributed by atoms with Crippen LogP contribution >= 0.6 is 0 Å². The summed E-state index contributed by atoms with van der Waals surface area (Å²) in [6.45, 7) is 4.42. The van der Waals surface area contributed by atoms with Crippen molar-refractivity contribution in [1.82, 2.24) is 9.47 Å². The van der Waals surface area contributed by atoms with Crippen molar-refractivity contribution >= 4 is 34.3 Å². The second kappa shape index (κ2) is 10.6. The molecule has 0 unspecified atom stereocenters. The molecule has 1 heterocycles. The number of carbonyl (C=O) groups excluding carboxylic acids is 2. The van der Waals surface area contributed by atoms with Crippen molar-refractivity contribution in [3.63, 3.8) is 0 Å². The SMILES string of the molecule is CCCN(CC(=O)Nc1ccccc1C)C(=O)CCCn1c(=O)oc2cc([N+](=O)[O-])ccc21. The largest absolute Gasteiger partial charge is 0.419 e. The van der Waals surface area contributed by atoms with Gasteiger partial charge in [-0.15, -0.1) is 0 Å². The van der Waals surface area contributed by atoms with Gasteiger partial charge in [0, 0.05) is 31.3 Å². The molecular formula is C23H26N4O6. The van der Waals surface area contributed by atoms with Crippen LogP contribution in [0.3, 0.4) is 0 Å². The van der Waals surface area contributed by atoms with Crippen LogP contribution in [-0.4, -0.2) is 39.3 Å². The minimum absolute atomic E-state index is 0.0563. The number of aromatic nitrogens is 1. The summed E-state index contributed by atoms with van der Waals surface area (Å²) in [6.07, 6.45) is 1.20. The molecule has 2 amide bonds. The molecule has 10 heteroatoms. The molecule has 1 N–H and O–H groups in total. The summed E-state index contributed by atoms with van der Waals surface area (Å²) in [7, 11) is 0. The quantitative estimate of drug-likeness (QED) is 0.369. The molecule has 0 aliphatic heterocycles. The molecule has 3 aromatic rings. The molecule has 0 atom stereocenters. The highest BCUT2D eigenvalue weighted by Crippen LogP contribution is 2.20. The number of para-hydroxylation sites is 1. The number of carbonyl (C=O) groups is 2. The number of nitrogens with zero attached hydrogens (tertiary/aromatic N) is 3. The number of anilines is 1. The summed E-state index contributed by atoms with van der Waals surface area (Å²) >= 11 is 0. The summed E-state index contributed by atoms with van der Waals surface area (Å²) in [4.78, 5) is 49.2. The number of nitro benzene ring substituents is 1. The third kappa shape index (κ3) is 5.85. The third-order valence-corrected chi connectivity index (χ3v) is 5.23. The van der Waals surface area contributed by atoms with E-state index >= 15 is 0 Å². The molecule has 0 spiro atoms. The number of amides is 2. The second-order valence-corrected chi connectivity index (χ2v) is 7.71. The first-order chi connectivity index (χ1) is 15.8. The fourth-order valence-corrected chi connectivity index (χ4v) is 3.56. The van der Waals surface area contributed by atoms with Gasteiger partial charge in [-0.25, -0.2) is 4.79 Å². The number of aryl methyl sites for hydroxylation is 2. The zero-order valence-corrected chi connectivity index (χ0v) is 18.6. The Labute approximate surface area is 189 Å². The monoisotopic (exact) mass is 454 g/mol. The summed E-state index contributed by atoms with van der Waals surface area (Å²) in [5.41, 5.74) is 2.03. The minimum atomic E-state index is -0.638. The average molecular weight is 454 g/mol. The van der Waals surface area contributed by atoms with E-state index in [1.165, 1.54) is 27.7 Å². The van der Waals surface area contributed by atoms with Gasteiger partial charge in [-0.1, -0.05) is 25.1 Å². The number of rotatable bonds is 10. The Hall–Kier alpha value is -3.95. The van der Waals surface area contributed by atoms with Gasteiger partial charge in [0.25, 0.3) is 5.69 Å². The van der Waals surface area contributed by atoms with Crippen LogP contribution in [0.1, 0.15) is 31.7 Å². The van der Waals surface area contributed by atoms with E-state index in [1.807, 2.05) is 32.0 Å². The van der Waals surface area contributed by atoms with Crippen molar-refractivity contribution in [3.8, 4) is 0 Å². The molecule has 0 bridgehead atoms. The third-order valence-electron chi connectivity index (χ3n) is 5.23. The van der Waals surface area contributed by atoms with Gasteiger partial charge in [-0.2, -0.15) is 0 Å². The van der Waals surface area contributed by atoms with Crippen LogP contribution in [-0.2, 0) is 16.1 Å². The van der Waals surface area contributed by atoms with Crippen LogP contribution < -0.4 is 11.1 Å². The summed E-state index contributed by atoms with van der Waals surface area (Å²) < 4.78 is 6.46. The number of fused-ring (bicyclic) bond motifs is 1. The fraction of sp³-hybridized carbons (Fsp3) is 0.348. The van der Waals surface area contributed by atoms with Crippen molar-refractivity contribution in [3.05, 3.63) is 68.7 Å². The Balaban J connectivity index is 1.60. The van der Waals surface area contributed by atoms with Crippen molar-refractivity contribution in [1.29, 1.82) is 0 Å². The molecule has 3 rings (SSSR count). The van der Waals surface area contributed by atoms with Gasteiger partial charge in [-0.3, -0.25) is 24.3 Å². The highest BCUT2D eigenvalue weighted by Gasteiger charge is 2.18. The molecule has 174 valence electrons. The van der Waals surface area contributed by atoms with Crippen LogP contribution in [0, 0.1) is 17.0 Å². The van der Waals surface area contributed by atoms with Gasteiger partial charge in [0.2, 0.25) is 11.8 Å². The topological polar surface area (TPSA) is 128 Å². The van der Waals surface area contributed by atoms with E-state index in [1.54, 1.807) is 6.07 Å². The predicted octanol–water partition coefficient (Wildman–Crippen LogP) is 3.47. The lowest BCUT2D eigenvalue weighted by atomic mass is 10.2. The van der Waals surface area contributed by atoms with E-state index in [0.29, 0.717) is 30.6 Å². The van der Waals surface area contributed by atoms with Gasteiger partial charge in [0.05, 0.1) is 23.1 Å². The first-order valence-electron chi connectivity index (χ1n) is 10.7. The summed E-state index contributed by atoms with van der Waals surface area (Å²) in [6, 6.07) is 11.4. The van der Waals surface area contributed by atoms with Gasteiger partial charge in [-0.05, 0) is 37.5 Å². The molecule has 33 heavy (non-hydrogen) atoms. The number of benzene rings is 2. The van der Waals surface area contributed by atoms with E-state index in [2.05, 4.69) is 5.32 Å². The average Bonchev–Trinajstić information content (AvgIpc) is 3.09. The first-order valence-corrected chi connectivity index (χ1v) is 10.7.